The summed E-state index contributed by atoms with van der Waals surface area (Å²) < 4.78 is 40.3. The van der Waals surface area contributed by atoms with Crippen LogP contribution in [0, 0.1) is 11.3 Å². The van der Waals surface area contributed by atoms with Crippen molar-refractivity contribution in [3.05, 3.63) is 18.2 Å². The smallest absolute Gasteiger partial charge is 0.325 e. The third-order valence-electron chi connectivity index (χ3n) is 3.84. The number of esters is 1. The van der Waals surface area contributed by atoms with Crippen LogP contribution in [-0.2, 0) is 19.6 Å². The standard InChI is InChI=1S/C14H14N4O4S2/c15-7-9-22-14(19)11-5-1-2-8-18(11)24(20,21)12-6-3-4-10-13(12)17-23-16-10/h3-4,6,11H,1-2,5,8-9H2/t11-/m0/s1. The van der Waals surface area contributed by atoms with Crippen LogP contribution in [0.2, 0.25) is 0 Å². The van der Waals surface area contributed by atoms with Gasteiger partial charge in [0.1, 0.15) is 28.0 Å². The maximum atomic E-state index is 13.1. The molecule has 3 rings (SSSR count). The molecule has 1 fully saturated rings. The van der Waals surface area contributed by atoms with Crippen molar-refractivity contribution in [3.8, 4) is 6.07 Å². The number of hydrogen-bond acceptors (Lipinski definition) is 8. The van der Waals surface area contributed by atoms with E-state index in [1.807, 2.05) is 0 Å². The third kappa shape index (κ3) is 2.98. The number of rotatable bonds is 4. The molecule has 0 bridgehead atoms. The second-order valence-corrected chi connectivity index (χ2v) is 7.67. The fourth-order valence-electron chi connectivity index (χ4n) is 2.74. The lowest BCUT2D eigenvalue weighted by Crippen LogP contribution is -2.48. The molecule has 24 heavy (non-hydrogen) atoms. The summed E-state index contributed by atoms with van der Waals surface area (Å²) in [7, 11) is -3.92. The number of benzene rings is 1. The first kappa shape index (κ1) is 16.8. The largest absolute Gasteiger partial charge is 0.449 e. The molecular formula is C14H14N4O4S2. The van der Waals surface area contributed by atoms with E-state index in [0.29, 0.717) is 23.9 Å². The number of nitrogens with zero attached hydrogens (tertiary/aromatic N) is 4. The summed E-state index contributed by atoms with van der Waals surface area (Å²) in [5.74, 6) is -0.691. The summed E-state index contributed by atoms with van der Waals surface area (Å²) in [5, 5.41) is 8.54. The Morgan fingerprint density at radius 2 is 2.25 bits per heavy atom. The van der Waals surface area contributed by atoms with Crippen LogP contribution in [-0.4, -0.2) is 46.6 Å². The molecule has 1 aliphatic rings. The zero-order chi connectivity index (χ0) is 17.2. The number of hydrogen-bond donors (Lipinski definition) is 0. The Kier molecular flexibility index (Phi) is 4.75. The van der Waals surface area contributed by atoms with E-state index in [9.17, 15) is 13.2 Å². The van der Waals surface area contributed by atoms with Gasteiger partial charge in [0, 0.05) is 6.54 Å². The van der Waals surface area contributed by atoms with Crippen molar-refractivity contribution in [2.75, 3.05) is 13.2 Å². The van der Waals surface area contributed by atoms with Gasteiger partial charge in [-0.3, -0.25) is 4.79 Å². The number of nitriles is 1. The molecule has 0 aliphatic carbocycles. The molecule has 0 amide bonds. The first-order valence-electron chi connectivity index (χ1n) is 7.32. The van der Waals surface area contributed by atoms with E-state index in [2.05, 4.69) is 8.75 Å². The van der Waals surface area contributed by atoms with E-state index < -0.39 is 28.6 Å². The van der Waals surface area contributed by atoms with Gasteiger partial charge >= 0.3 is 5.97 Å². The van der Waals surface area contributed by atoms with E-state index in [1.54, 1.807) is 18.2 Å². The highest BCUT2D eigenvalue weighted by Crippen LogP contribution is 2.29. The lowest BCUT2D eigenvalue weighted by atomic mass is 10.1. The molecule has 0 radical (unpaired) electrons. The molecule has 1 atom stereocenters. The van der Waals surface area contributed by atoms with Gasteiger partial charge in [-0.2, -0.15) is 18.3 Å². The van der Waals surface area contributed by atoms with Crippen LogP contribution < -0.4 is 0 Å². The molecule has 0 N–H and O–H groups in total. The first-order chi connectivity index (χ1) is 11.6. The maximum absolute atomic E-state index is 13.1. The van der Waals surface area contributed by atoms with Crippen molar-refractivity contribution in [3.63, 3.8) is 0 Å². The minimum absolute atomic E-state index is 0.0359. The highest BCUT2D eigenvalue weighted by molar-refractivity contribution is 7.89. The van der Waals surface area contributed by atoms with Crippen LogP contribution in [0.4, 0.5) is 0 Å². The summed E-state index contributed by atoms with van der Waals surface area (Å²) in [4.78, 5) is 12.2. The summed E-state index contributed by atoms with van der Waals surface area (Å²) >= 11 is 0.937. The lowest BCUT2D eigenvalue weighted by molar-refractivity contribution is -0.147. The second-order valence-electron chi connectivity index (χ2n) is 5.28. The minimum atomic E-state index is -3.92. The Morgan fingerprint density at radius 3 is 3.04 bits per heavy atom. The molecule has 8 nitrogen and oxygen atoms in total. The monoisotopic (exact) mass is 366 g/mol. The molecule has 1 aromatic carbocycles. The van der Waals surface area contributed by atoms with Crippen LogP contribution in [0.5, 0.6) is 0 Å². The van der Waals surface area contributed by atoms with Gasteiger partial charge in [0.15, 0.2) is 6.61 Å². The van der Waals surface area contributed by atoms with E-state index >= 15 is 0 Å². The van der Waals surface area contributed by atoms with Crippen molar-refractivity contribution < 1.29 is 17.9 Å². The van der Waals surface area contributed by atoms with Crippen molar-refractivity contribution in [1.29, 1.82) is 5.26 Å². The summed E-state index contributed by atoms with van der Waals surface area (Å²) in [5.41, 5.74) is 0.805. The van der Waals surface area contributed by atoms with Crippen molar-refractivity contribution in [2.24, 2.45) is 0 Å². The van der Waals surface area contributed by atoms with Crippen molar-refractivity contribution >= 4 is 38.8 Å². The summed E-state index contributed by atoms with van der Waals surface area (Å²) in [6.45, 7) is -0.169. The van der Waals surface area contributed by atoms with Gasteiger partial charge in [0.05, 0.1) is 11.7 Å². The molecule has 126 valence electrons. The van der Waals surface area contributed by atoms with Crippen LogP contribution in [0.3, 0.4) is 0 Å². The summed E-state index contributed by atoms with van der Waals surface area (Å²) in [6, 6.07) is 5.55. The van der Waals surface area contributed by atoms with Gasteiger partial charge in [0.25, 0.3) is 0 Å². The maximum Gasteiger partial charge on any atom is 0.325 e. The van der Waals surface area contributed by atoms with Gasteiger partial charge in [-0.15, -0.1) is 0 Å². The topological polar surface area (TPSA) is 113 Å². The zero-order valence-electron chi connectivity index (χ0n) is 12.6. The normalized spacial score (nSPS) is 19.0. The van der Waals surface area contributed by atoms with Gasteiger partial charge in [0.2, 0.25) is 10.0 Å². The van der Waals surface area contributed by atoms with Gasteiger partial charge in [-0.25, -0.2) is 8.42 Å². The quantitative estimate of drug-likeness (QED) is 0.749. The highest BCUT2D eigenvalue weighted by atomic mass is 32.2. The zero-order valence-corrected chi connectivity index (χ0v) is 14.2. The average Bonchev–Trinajstić information content (AvgIpc) is 3.08. The number of aromatic nitrogens is 2. The lowest BCUT2D eigenvalue weighted by Gasteiger charge is -2.32. The molecular weight excluding hydrogens is 352 g/mol. The number of carbonyl (C=O) groups excluding carboxylic acids is 1. The SMILES string of the molecule is N#CCOC(=O)[C@@H]1CCCCN1S(=O)(=O)c1cccc2nsnc12. The summed E-state index contributed by atoms with van der Waals surface area (Å²) in [6.07, 6.45) is 1.75. The van der Waals surface area contributed by atoms with Crippen LogP contribution in [0.15, 0.2) is 23.1 Å². The molecule has 2 heterocycles. The Morgan fingerprint density at radius 1 is 1.42 bits per heavy atom. The van der Waals surface area contributed by atoms with Crippen LogP contribution >= 0.6 is 11.7 Å². The van der Waals surface area contributed by atoms with Crippen LogP contribution in [0.25, 0.3) is 11.0 Å². The minimum Gasteiger partial charge on any atom is -0.449 e. The predicted molar refractivity (Wildman–Crippen MR) is 85.5 cm³/mol. The fraction of sp³-hybridized carbons (Fsp3) is 0.429. The van der Waals surface area contributed by atoms with E-state index in [1.165, 1.54) is 6.07 Å². The Labute approximate surface area is 143 Å². The number of ether oxygens (including phenoxy) is 1. The molecule has 0 saturated carbocycles. The van der Waals surface area contributed by atoms with Crippen molar-refractivity contribution in [2.45, 2.75) is 30.2 Å². The fourth-order valence-corrected chi connectivity index (χ4v) is 5.14. The molecule has 1 saturated heterocycles. The van der Waals surface area contributed by atoms with Crippen molar-refractivity contribution in [1.82, 2.24) is 13.1 Å². The number of piperidine rings is 1. The first-order valence-corrected chi connectivity index (χ1v) is 9.49. The van der Waals surface area contributed by atoms with E-state index in [-0.39, 0.29) is 11.4 Å². The van der Waals surface area contributed by atoms with Gasteiger partial charge < -0.3 is 4.74 Å². The Hall–Kier alpha value is -2.09. The van der Waals surface area contributed by atoms with Gasteiger partial charge in [-0.1, -0.05) is 6.07 Å². The number of fused-ring (bicyclic) bond motifs is 1. The number of sulfonamides is 1. The van der Waals surface area contributed by atoms with Crippen LogP contribution in [0.1, 0.15) is 19.3 Å². The predicted octanol–water partition coefficient (Wildman–Crippen LogP) is 1.30. The molecule has 0 spiro atoms. The third-order valence-corrected chi connectivity index (χ3v) is 6.32. The van der Waals surface area contributed by atoms with Gasteiger partial charge in [-0.05, 0) is 31.4 Å². The van der Waals surface area contributed by atoms with E-state index in [4.69, 9.17) is 10.00 Å². The Bertz CT molecular complexity index is 903. The molecule has 10 heteroatoms. The second kappa shape index (κ2) is 6.80. The molecule has 1 aromatic heterocycles. The Balaban J connectivity index is 1.99. The number of carbonyl (C=O) groups is 1. The molecule has 2 aromatic rings. The molecule has 1 aliphatic heterocycles. The molecule has 0 unspecified atom stereocenters. The van der Waals surface area contributed by atoms with E-state index in [0.717, 1.165) is 22.5 Å². The average molecular weight is 366 g/mol. The highest BCUT2D eigenvalue weighted by Gasteiger charge is 2.39.